The lowest BCUT2D eigenvalue weighted by Crippen LogP contribution is -2.29. The molecule has 5 nitrogen and oxygen atoms in total. The molecule has 5 rings (SSSR count). The number of para-hydroxylation sites is 2. The SMILES string of the molecule is O=C(CSC1=Nc2ccccc2C2CC=NN12)Nc1ccccc1Sc1ccccc1. The molecule has 0 spiro atoms. The summed E-state index contributed by atoms with van der Waals surface area (Å²) in [6, 6.07) is 26.3. The van der Waals surface area contributed by atoms with Crippen molar-refractivity contribution in [1.82, 2.24) is 5.01 Å². The van der Waals surface area contributed by atoms with Crippen LogP contribution in [0.5, 0.6) is 0 Å². The van der Waals surface area contributed by atoms with Crippen LogP contribution in [-0.4, -0.2) is 28.1 Å². The molecule has 0 saturated heterocycles. The number of benzene rings is 3. The molecule has 0 saturated carbocycles. The number of fused-ring (bicyclic) bond motifs is 3. The highest BCUT2D eigenvalue weighted by atomic mass is 32.2. The fraction of sp³-hybridized carbons (Fsp3) is 0.125. The number of nitrogens with zero attached hydrogens (tertiary/aromatic N) is 3. The van der Waals surface area contributed by atoms with Crippen LogP contribution in [0.15, 0.2) is 98.7 Å². The molecule has 0 radical (unpaired) electrons. The normalized spacial score (nSPS) is 16.5. The summed E-state index contributed by atoms with van der Waals surface area (Å²) in [4.78, 5) is 19.6. The van der Waals surface area contributed by atoms with Gasteiger partial charge in [0.25, 0.3) is 0 Å². The molecule has 0 bridgehead atoms. The van der Waals surface area contributed by atoms with E-state index in [4.69, 9.17) is 4.99 Å². The fourth-order valence-electron chi connectivity index (χ4n) is 3.57. The number of anilines is 1. The zero-order valence-electron chi connectivity index (χ0n) is 16.6. The van der Waals surface area contributed by atoms with Gasteiger partial charge in [-0.1, -0.05) is 72.1 Å². The van der Waals surface area contributed by atoms with Gasteiger partial charge in [-0.05, 0) is 30.3 Å². The highest BCUT2D eigenvalue weighted by Crippen LogP contribution is 2.41. The maximum absolute atomic E-state index is 12.7. The Kier molecular flexibility index (Phi) is 5.78. The Morgan fingerprint density at radius 1 is 1.00 bits per heavy atom. The first-order chi connectivity index (χ1) is 15.3. The number of carbonyl (C=O) groups is 1. The average molecular weight is 445 g/mol. The van der Waals surface area contributed by atoms with Crippen molar-refractivity contribution >= 4 is 52.2 Å². The van der Waals surface area contributed by atoms with Crippen LogP contribution in [0.3, 0.4) is 0 Å². The maximum atomic E-state index is 12.7. The molecule has 3 aromatic rings. The lowest BCUT2D eigenvalue weighted by molar-refractivity contribution is -0.113. The third kappa shape index (κ3) is 4.38. The van der Waals surface area contributed by atoms with Crippen LogP contribution in [0, 0.1) is 0 Å². The number of hydrazone groups is 1. The summed E-state index contributed by atoms with van der Waals surface area (Å²) in [5.41, 5.74) is 2.96. The second-order valence-electron chi connectivity index (χ2n) is 7.10. The smallest absolute Gasteiger partial charge is 0.234 e. The topological polar surface area (TPSA) is 57.1 Å². The Bertz CT molecular complexity index is 1160. The molecule has 2 aliphatic heterocycles. The second kappa shape index (κ2) is 8.99. The van der Waals surface area contributed by atoms with E-state index in [1.54, 1.807) is 11.8 Å². The average Bonchev–Trinajstić information content (AvgIpc) is 3.30. The third-order valence-corrected chi connectivity index (χ3v) is 7.03. The van der Waals surface area contributed by atoms with Crippen molar-refractivity contribution in [3.05, 3.63) is 84.4 Å². The molecule has 3 aromatic carbocycles. The van der Waals surface area contributed by atoms with Gasteiger partial charge >= 0.3 is 0 Å². The molecule has 1 atom stereocenters. The molecule has 1 N–H and O–H groups in total. The number of rotatable bonds is 5. The first kappa shape index (κ1) is 19.9. The summed E-state index contributed by atoms with van der Waals surface area (Å²) < 4.78 is 0. The van der Waals surface area contributed by atoms with Crippen LogP contribution in [0.2, 0.25) is 0 Å². The highest BCUT2D eigenvalue weighted by Gasteiger charge is 2.32. The van der Waals surface area contributed by atoms with Crippen molar-refractivity contribution in [1.29, 1.82) is 0 Å². The maximum Gasteiger partial charge on any atom is 0.234 e. The molecule has 1 amide bonds. The van der Waals surface area contributed by atoms with E-state index in [0.717, 1.165) is 32.8 Å². The van der Waals surface area contributed by atoms with Crippen molar-refractivity contribution in [3.8, 4) is 0 Å². The van der Waals surface area contributed by atoms with Crippen molar-refractivity contribution in [2.24, 2.45) is 10.1 Å². The van der Waals surface area contributed by atoms with E-state index < -0.39 is 0 Å². The van der Waals surface area contributed by atoms with Crippen molar-refractivity contribution in [3.63, 3.8) is 0 Å². The van der Waals surface area contributed by atoms with Gasteiger partial charge in [0.15, 0.2) is 5.17 Å². The van der Waals surface area contributed by atoms with Gasteiger partial charge in [-0.3, -0.25) is 4.79 Å². The number of carbonyl (C=O) groups excluding carboxylic acids is 1. The molecular formula is C24H20N4OS2. The van der Waals surface area contributed by atoms with E-state index in [1.165, 1.54) is 17.3 Å². The van der Waals surface area contributed by atoms with Crippen LogP contribution in [0.4, 0.5) is 11.4 Å². The summed E-state index contributed by atoms with van der Waals surface area (Å²) in [5.74, 6) is 0.205. The monoisotopic (exact) mass is 444 g/mol. The minimum Gasteiger partial charge on any atom is -0.324 e. The number of thioether (sulfide) groups is 1. The van der Waals surface area contributed by atoms with Crippen LogP contribution in [0.25, 0.3) is 0 Å². The molecule has 2 aliphatic rings. The molecule has 0 aliphatic carbocycles. The zero-order chi connectivity index (χ0) is 21.0. The molecule has 154 valence electrons. The number of aliphatic imine (C=N–C) groups is 1. The minimum atomic E-state index is -0.0626. The van der Waals surface area contributed by atoms with Gasteiger partial charge in [0.05, 0.1) is 23.2 Å². The Labute approximate surface area is 189 Å². The predicted molar refractivity (Wildman–Crippen MR) is 129 cm³/mol. The molecule has 1 unspecified atom stereocenters. The first-order valence-electron chi connectivity index (χ1n) is 10.0. The van der Waals surface area contributed by atoms with Gasteiger partial charge in [-0.25, -0.2) is 10.0 Å². The van der Waals surface area contributed by atoms with Crippen molar-refractivity contribution < 1.29 is 4.79 Å². The quantitative estimate of drug-likeness (QED) is 0.529. The predicted octanol–water partition coefficient (Wildman–Crippen LogP) is 5.94. The summed E-state index contributed by atoms with van der Waals surface area (Å²) in [6.07, 6.45) is 2.77. The fourth-order valence-corrected chi connectivity index (χ4v) is 5.30. The number of hydrogen-bond donors (Lipinski definition) is 1. The van der Waals surface area contributed by atoms with Crippen molar-refractivity contribution in [2.45, 2.75) is 22.3 Å². The van der Waals surface area contributed by atoms with Gasteiger partial charge in [0, 0.05) is 28.0 Å². The number of amidine groups is 1. The molecular weight excluding hydrogens is 424 g/mol. The van der Waals surface area contributed by atoms with Crippen LogP contribution >= 0.6 is 23.5 Å². The summed E-state index contributed by atoms with van der Waals surface area (Å²) in [5, 5.41) is 10.2. The number of hydrogen-bond acceptors (Lipinski definition) is 6. The van der Waals surface area contributed by atoms with Crippen molar-refractivity contribution in [2.75, 3.05) is 11.1 Å². The number of nitrogens with one attached hydrogen (secondary N) is 1. The summed E-state index contributed by atoms with van der Waals surface area (Å²) in [6.45, 7) is 0. The summed E-state index contributed by atoms with van der Waals surface area (Å²) in [7, 11) is 0. The van der Waals surface area contributed by atoms with E-state index in [2.05, 4.69) is 28.6 Å². The van der Waals surface area contributed by atoms with Gasteiger partial charge < -0.3 is 5.32 Å². The second-order valence-corrected chi connectivity index (χ2v) is 9.15. The first-order valence-corrected chi connectivity index (χ1v) is 11.8. The molecule has 0 aromatic heterocycles. The van der Waals surface area contributed by atoms with E-state index in [1.807, 2.05) is 71.9 Å². The van der Waals surface area contributed by atoms with Crippen LogP contribution in [0.1, 0.15) is 18.0 Å². The van der Waals surface area contributed by atoms with Gasteiger partial charge in [-0.2, -0.15) is 5.10 Å². The third-order valence-electron chi connectivity index (χ3n) is 5.00. The zero-order valence-corrected chi connectivity index (χ0v) is 18.3. The van der Waals surface area contributed by atoms with E-state index >= 15 is 0 Å². The van der Waals surface area contributed by atoms with Gasteiger partial charge in [-0.15, -0.1) is 0 Å². The van der Waals surface area contributed by atoms with Gasteiger partial charge in [0.1, 0.15) is 0 Å². The minimum absolute atomic E-state index is 0.0626. The largest absolute Gasteiger partial charge is 0.324 e. The Balaban J connectivity index is 1.27. The Morgan fingerprint density at radius 2 is 1.77 bits per heavy atom. The van der Waals surface area contributed by atoms with Crippen LogP contribution < -0.4 is 5.32 Å². The molecule has 7 heteroatoms. The Hall–Kier alpha value is -3.03. The van der Waals surface area contributed by atoms with Gasteiger partial charge in [0.2, 0.25) is 5.91 Å². The Morgan fingerprint density at radius 3 is 2.68 bits per heavy atom. The van der Waals surface area contributed by atoms with E-state index in [-0.39, 0.29) is 17.7 Å². The lowest BCUT2D eigenvalue weighted by Gasteiger charge is -2.29. The lowest BCUT2D eigenvalue weighted by atomic mass is 10.0. The van der Waals surface area contributed by atoms with E-state index in [9.17, 15) is 4.79 Å². The molecule has 31 heavy (non-hydrogen) atoms. The standard InChI is InChI=1S/C24H20N4OS2/c29-23(26-20-12-6-7-13-22(20)31-17-8-2-1-3-9-17)16-30-24-27-19-11-5-4-10-18(19)21-14-15-25-28(21)24/h1-13,15,21H,14,16H2,(H,26,29). The number of amides is 1. The highest BCUT2D eigenvalue weighted by molar-refractivity contribution is 8.14. The molecule has 2 heterocycles. The van der Waals surface area contributed by atoms with Crippen LogP contribution in [-0.2, 0) is 4.79 Å². The molecule has 0 fully saturated rings. The van der Waals surface area contributed by atoms with E-state index in [0.29, 0.717) is 0 Å². The summed E-state index contributed by atoms with van der Waals surface area (Å²) >= 11 is 3.05.